The predicted molar refractivity (Wildman–Crippen MR) is 155 cm³/mol. The first-order valence-corrected chi connectivity index (χ1v) is 15.3. The first-order valence-electron chi connectivity index (χ1n) is 12.0. The van der Waals surface area contributed by atoms with Crippen LogP contribution in [-0.4, -0.2) is 16.5 Å². The van der Waals surface area contributed by atoms with Gasteiger partial charge in [0, 0.05) is 23.6 Å². The van der Waals surface area contributed by atoms with Gasteiger partial charge in [-0.05, 0) is 64.0 Å². The predicted octanol–water partition coefficient (Wildman–Crippen LogP) is 8.31. The number of anilines is 1. The van der Waals surface area contributed by atoms with Crippen molar-refractivity contribution in [3.63, 3.8) is 0 Å². The molecule has 5 aromatic rings. The number of hydrogen-bond donors (Lipinski definition) is 0. The molecule has 0 spiro atoms. The molecule has 3 aromatic heterocycles. The van der Waals surface area contributed by atoms with Gasteiger partial charge >= 0.3 is 0 Å². The number of rotatable bonds is 5. The van der Waals surface area contributed by atoms with E-state index in [1.165, 1.54) is 45.8 Å². The van der Waals surface area contributed by atoms with Crippen LogP contribution in [0.25, 0.3) is 36.7 Å². The zero-order valence-corrected chi connectivity index (χ0v) is 23.8. The Balaban J connectivity index is 1.41. The van der Waals surface area contributed by atoms with E-state index in [4.69, 9.17) is 9.97 Å². The molecule has 178 valence electrons. The van der Waals surface area contributed by atoms with Gasteiger partial charge in [-0.15, -0.1) is 22.7 Å². The zero-order valence-electron chi connectivity index (χ0n) is 20.5. The first-order chi connectivity index (χ1) is 17.0. The van der Waals surface area contributed by atoms with E-state index >= 15 is 0 Å². The fourth-order valence-corrected chi connectivity index (χ4v) is 9.00. The molecule has 6 rings (SSSR count). The monoisotopic (exact) mass is 535 g/mol. The van der Waals surface area contributed by atoms with E-state index in [2.05, 4.69) is 80.5 Å². The van der Waals surface area contributed by atoms with Crippen LogP contribution in [-0.2, 0) is 6.54 Å². The second-order valence-corrected chi connectivity index (χ2v) is 13.2. The standard InChI is InChI=1S/C27H27N4S4/c1-6-17(9-26-30(7-2)20-11-18-22(13-24(20)34-26)32-15(4)28-18)10-27-31(8-3)21-12-19-23(14-25(21)35-27)33-16(5)29-19/h9-14H,6-8H2,1-5H3/q+1. The summed E-state index contributed by atoms with van der Waals surface area (Å²) in [4.78, 5) is 13.2. The third-order valence-corrected chi connectivity index (χ3v) is 10.4. The summed E-state index contributed by atoms with van der Waals surface area (Å²) in [7, 11) is 0. The SMILES string of the molecule is CCC(=C/c1sc2cc3sc(C)nc3cc2[n+]1CC)/C=C1\Sc2cc3sc(C)nc3cc2N1CC. The fraction of sp³-hybridized carbons (Fsp3) is 0.296. The molecule has 2 aromatic carbocycles. The maximum Gasteiger partial charge on any atom is 0.263 e. The summed E-state index contributed by atoms with van der Waals surface area (Å²) in [6.07, 6.45) is 5.76. The van der Waals surface area contributed by atoms with Gasteiger partial charge in [-0.3, -0.25) is 0 Å². The maximum absolute atomic E-state index is 4.72. The van der Waals surface area contributed by atoms with Crippen LogP contribution in [0.3, 0.4) is 0 Å². The Labute approximate surface area is 221 Å². The van der Waals surface area contributed by atoms with Crippen LogP contribution in [0.4, 0.5) is 5.69 Å². The molecular weight excluding hydrogens is 509 g/mol. The van der Waals surface area contributed by atoms with Gasteiger partial charge in [-0.2, -0.15) is 4.57 Å². The Morgan fingerprint density at radius 2 is 1.63 bits per heavy atom. The minimum absolute atomic E-state index is 0.943. The maximum atomic E-state index is 4.72. The highest BCUT2D eigenvalue weighted by molar-refractivity contribution is 8.03. The second-order valence-electron chi connectivity index (χ2n) is 8.63. The van der Waals surface area contributed by atoms with Gasteiger partial charge < -0.3 is 4.90 Å². The molecule has 0 amide bonds. The largest absolute Gasteiger partial charge is 0.335 e. The van der Waals surface area contributed by atoms with Crippen molar-refractivity contribution in [2.75, 3.05) is 11.4 Å². The summed E-state index contributed by atoms with van der Waals surface area (Å²) in [5, 5.41) is 4.85. The number of thiazole rings is 3. The molecule has 0 unspecified atom stereocenters. The van der Waals surface area contributed by atoms with Crippen LogP contribution < -0.4 is 9.47 Å². The summed E-state index contributed by atoms with van der Waals surface area (Å²) in [6.45, 7) is 12.8. The molecule has 1 aliphatic heterocycles. The topological polar surface area (TPSA) is 32.9 Å². The Bertz CT molecular complexity index is 1670. The highest BCUT2D eigenvalue weighted by Gasteiger charge is 2.26. The number of aryl methyl sites for hydroxylation is 3. The van der Waals surface area contributed by atoms with Crippen molar-refractivity contribution >= 4 is 88.2 Å². The van der Waals surface area contributed by atoms with E-state index in [1.54, 1.807) is 22.7 Å². The van der Waals surface area contributed by atoms with E-state index in [1.807, 2.05) is 23.1 Å². The lowest BCUT2D eigenvalue weighted by molar-refractivity contribution is -0.665. The quantitative estimate of drug-likeness (QED) is 0.212. The van der Waals surface area contributed by atoms with Gasteiger partial charge in [-0.1, -0.05) is 30.0 Å². The summed E-state index contributed by atoms with van der Waals surface area (Å²) in [6, 6.07) is 9.16. The summed E-state index contributed by atoms with van der Waals surface area (Å²) >= 11 is 7.32. The number of fused-ring (bicyclic) bond motifs is 4. The Morgan fingerprint density at radius 1 is 0.914 bits per heavy atom. The van der Waals surface area contributed by atoms with Crippen LogP contribution >= 0.6 is 45.8 Å². The highest BCUT2D eigenvalue weighted by Crippen LogP contribution is 2.48. The van der Waals surface area contributed by atoms with Gasteiger partial charge in [0.05, 0.1) is 41.2 Å². The van der Waals surface area contributed by atoms with Crippen LogP contribution in [0.15, 0.2) is 45.8 Å². The van der Waals surface area contributed by atoms with E-state index in [0.717, 1.165) is 40.6 Å². The van der Waals surface area contributed by atoms with Crippen molar-refractivity contribution in [2.45, 2.75) is 52.5 Å². The van der Waals surface area contributed by atoms with Gasteiger partial charge in [0.1, 0.15) is 11.2 Å². The molecule has 8 heteroatoms. The number of hydrogen-bond acceptors (Lipinski definition) is 7. The van der Waals surface area contributed by atoms with Gasteiger partial charge in [0.15, 0.2) is 0 Å². The molecule has 4 heterocycles. The zero-order chi connectivity index (χ0) is 24.3. The molecule has 0 aliphatic carbocycles. The van der Waals surface area contributed by atoms with Crippen molar-refractivity contribution in [3.05, 3.63) is 56.0 Å². The average molecular weight is 536 g/mol. The smallest absolute Gasteiger partial charge is 0.263 e. The Hall–Kier alpha value is -2.26. The van der Waals surface area contributed by atoms with Gasteiger partial charge in [0.25, 0.3) is 5.01 Å². The van der Waals surface area contributed by atoms with Crippen LogP contribution in [0, 0.1) is 13.8 Å². The normalized spacial score (nSPS) is 15.4. The number of benzene rings is 2. The fourth-order valence-electron chi connectivity index (χ4n) is 4.71. The molecule has 1 aliphatic rings. The summed E-state index contributed by atoms with van der Waals surface area (Å²) < 4.78 is 6.31. The molecule has 4 nitrogen and oxygen atoms in total. The van der Waals surface area contributed by atoms with Crippen molar-refractivity contribution in [1.29, 1.82) is 0 Å². The van der Waals surface area contributed by atoms with E-state index < -0.39 is 0 Å². The summed E-state index contributed by atoms with van der Waals surface area (Å²) in [5.74, 6) is 0. The number of aromatic nitrogens is 3. The molecule has 0 N–H and O–H groups in total. The van der Waals surface area contributed by atoms with Crippen molar-refractivity contribution < 1.29 is 4.57 Å². The third-order valence-electron chi connectivity index (χ3n) is 6.35. The van der Waals surface area contributed by atoms with E-state index in [9.17, 15) is 0 Å². The molecule has 0 saturated heterocycles. The highest BCUT2D eigenvalue weighted by atomic mass is 32.2. The molecule has 0 fully saturated rings. The lowest BCUT2D eigenvalue weighted by Crippen LogP contribution is -2.33. The van der Waals surface area contributed by atoms with E-state index in [-0.39, 0.29) is 0 Å². The van der Waals surface area contributed by atoms with Crippen LogP contribution in [0.1, 0.15) is 42.2 Å². The molecular formula is C27H27N4S4+. The second kappa shape index (κ2) is 9.00. The summed E-state index contributed by atoms with van der Waals surface area (Å²) in [5.41, 5.74) is 6.13. The van der Waals surface area contributed by atoms with Crippen LogP contribution in [0.2, 0.25) is 0 Å². The first kappa shape index (κ1) is 23.2. The van der Waals surface area contributed by atoms with E-state index in [0.29, 0.717) is 0 Å². The number of nitrogens with zero attached hydrogens (tertiary/aromatic N) is 4. The molecule has 0 saturated carbocycles. The minimum Gasteiger partial charge on any atom is -0.335 e. The number of thioether (sulfide) groups is 1. The lowest BCUT2D eigenvalue weighted by atomic mass is 10.2. The molecule has 0 radical (unpaired) electrons. The average Bonchev–Trinajstić information content (AvgIpc) is 3.55. The molecule has 35 heavy (non-hydrogen) atoms. The van der Waals surface area contributed by atoms with Crippen molar-refractivity contribution in [1.82, 2.24) is 9.97 Å². The Morgan fingerprint density at radius 3 is 2.31 bits per heavy atom. The van der Waals surface area contributed by atoms with Crippen molar-refractivity contribution in [3.8, 4) is 0 Å². The third kappa shape index (κ3) is 4.00. The molecule has 0 atom stereocenters. The Kier molecular flexibility index (Phi) is 5.95. The lowest BCUT2D eigenvalue weighted by Gasteiger charge is -2.18. The molecule has 0 bridgehead atoms. The van der Waals surface area contributed by atoms with Crippen molar-refractivity contribution in [2.24, 2.45) is 0 Å². The number of allylic oxidation sites excluding steroid dienone is 2. The minimum atomic E-state index is 0.943. The van der Waals surface area contributed by atoms with Crippen LogP contribution in [0.5, 0.6) is 0 Å². The van der Waals surface area contributed by atoms with Gasteiger partial charge in [-0.25, -0.2) is 9.97 Å². The van der Waals surface area contributed by atoms with Gasteiger partial charge in [0.2, 0.25) is 5.52 Å².